The van der Waals surface area contributed by atoms with Crippen LogP contribution in [0.5, 0.6) is 0 Å². The number of fused-ring (bicyclic) bond motifs is 1. The number of hydrogen-bond donors (Lipinski definition) is 2. The van der Waals surface area contributed by atoms with Crippen LogP contribution in [0, 0.1) is 5.82 Å². The number of benzene rings is 1. The van der Waals surface area contributed by atoms with Gasteiger partial charge in [0.05, 0.1) is 16.9 Å². The molecule has 0 spiro atoms. The highest BCUT2D eigenvalue weighted by atomic mass is 35.5. The van der Waals surface area contributed by atoms with Crippen LogP contribution in [-0.4, -0.2) is 27.5 Å². The van der Waals surface area contributed by atoms with Crippen molar-refractivity contribution in [3.05, 3.63) is 47.4 Å². The maximum atomic E-state index is 13.3. The zero-order chi connectivity index (χ0) is 17.1. The van der Waals surface area contributed by atoms with E-state index in [1.165, 1.54) is 12.1 Å². The van der Waals surface area contributed by atoms with Gasteiger partial charge in [-0.1, -0.05) is 11.6 Å². The number of urea groups is 1. The number of nitrogens with zero attached hydrogens (tertiary/aromatic N) is 3. The van der Waals surface area contributed by atoms with Gasteiger partial charge >= 0.3 is 6.03 Å². The second kappa shape index (κ2) is 6.76. The summed E-state index contributed by atoms with van der Waals surface area (Å²) in [6, 6.07) is 7.30. The van der Waals surface area contributed by atoms with Crippen molar-refractivity contribution >= 4 is 34.6 Å². The minimum atomic E-state index is -0.499. The van der Waals surface area contributed by atoms with E-state index in [0.29, 0.717) is 34.8 Å². The Morgan fingerprint density at radius 3 is 2.83 bits per heavy atom. The largest absolute Gasteiger partial charge is 0.338 e. The molecule has 0 aliphatic rings. The van der Waals surface area contributed by atoms with Crippen LogP contribution in [0.4, 0.5) is 15.0 Å². The first kappa shape index (κ1) is 16.1. The van der Waals surface area contributed by atoms with Crippen LogP contribution in [0.2, 0.25) is 5.02 Å². The van der Waals surface area contributed by atoms with Gasteiger partial charge in [-0.3, -0.25) is 10.3 Å². The summed E-state index contributed by atoms with van der Waals surface area (Å²) in [7, 11) is 0. The number of rotatable bonds is 3. The van der Waals surface area contributed by atoms with Crippen LogP contribution in [0.25, 0.3) is 22.4 Å². The molecule has 3 aromatic rings. The van der Waals surface area contributed by atoms with Crippen molar-refractivity contribution in [2.45, 2.75) is 6.92 Å². The molecule has 1 aromatic carbocycles. The maximum absolute atomic E-state index is 13.3. The fraction of sp³-hybridized carbons (Fsp3) is 0.125. The molecule has 0 fully saturated rings. The molecule has 0 radical (unpaired) electrons. The summed E-state index contributed by atoms with van der Waals surface area (Å²) < 4.78 is 13.3. The highest BCUT2D eigenvalue weighted by molar-refractivity contribution is 6.31. The monoisotopic (exact) mass is 345 g/mol. The summed E-state index contributed by atoms with van der Waals surface area (Å²) in [5.74, 6) is -0.141. The molecule has 0 saturated heterocycles. The van der Waals surface area contributed by atoms with E-state index in [1.54, 1.807) is 24.4 Å². The Kier molecular flexibility index (Phi) is 4.52. The Labute approximate surface area is 142 Å². The normalized spacial score (nSPS) is 10.6. The molecule has 2 aromatic heterocycles. The Morgan fingerprint density at radius 1 is 1.25 bits per heavy atom. The van der Waals surface area contributed by atoms with Gasteiger partial charge in [0, 0.05) is 12.1 Å². The second-order valence-corrected chi connectivity index (χ2v) is 5.32. The molecular formula is C16H13ClFN5O. The number of pyridine rings is 1. The molecule has 3 rings (SSSR count). The molecule has 8 heteroatoms. The molecule has 0 aliphatic carbocycles. The van der Waals surface area contributed by atoms with Crippen LogP contribution in [0.1, 0.15) is 6.92 Å². The van der Waals surface area contributed by atoms with Crippen molar-refractivity contribution in [2.24, 2.45) is 0 Å². The van der Waals surface area contributed by atoms with Crippen LogP contribution in [-0.2, 0) is 0 Å². The van der Waals surface area contributed by atoms with Crippen LogP contribution >= 0.6 is 11.6 Å². The average Bonchev–Trinajstić information content (AvgIpc) is 2.57. The van der Waals surface area contributed by atoms with Crippen molar-refractivity contribution in [1.82, 2.24) is 20.3 Å². The summed E-state index contributed by atoms with van der Waals surface area (Å²) in [5.41, 5.74) is 2.07. The number of carbonyl (C=O) groups is 1. The van der Waals surface area contributed by atoms with E-state index in [0.717, 1.165) is 0 Å². The molecule has 24 heavy (non-hydrogen) atoms. The number of carbonyl (C=O) groups excluding carboxylic acids is 1. The lowest BCUT2D eigenvalue weighted by Gasteiger charge is -2.07. The fourth-order valence-electron chi connectivity index (χ4n) is 2.08. The first-order chi connectivity index (χ1) is 11.6. The standard InChI is InChI=1S/C16H13ClFN5O/c1-2-19-16(24)23-14-6-5-12-15(22-14)21-13(8-20-12)9-3-4-11(18)10(17)7-9/h3-8H,2H2,1H3,(H2,19,21,22,23,24). The van der Waals surface area contributed by atoms with Crippen molar-refractivity contribution in [1.29, 1.82) is 0 Å². The number of aromatic nitrogens is 3. The van der Waals surface area contributed by atoms with Gasteiger partial charge in [-0.15, -0.1) is 0 Å². The third kappa shape index (κ3) is 3.41. The second-order valence-electron chi connectivity index (χ2n) is 4.91. The van der Waals surface area contributed by atoms with Gasteiger partial charge in [0.25, 0.3) is 0 Å². The summed E-state index contributed by atoms with van der Waals surface area (Å²) >= 11 is 5.80. The van der Waals surface area contributed by atoms with Crippen molar-refractivity contribution in [3.8, 4) is 11.3 Å². The molecule has 6 nitrogen and oxygen atoms in total. The number of hydrogen-bond acceptors (Lipinski definition) is 4. The Bertz CT molecular complexity index is 918. The van der Waals surface area contributed by atoms with Crippen molar-refractivity contribution in [3.63, 3.8) is 0 Å². The van der Waals surface area contributed by atoms with E-state index in [-0.39, 0.29) is 11.1 Å². The molecule has 0 bridgehead atoms. The highest BCUT2D eigenvalue weighted by Crippen LogP contribution is 2.24. The summed E-state index contributed by atoms with van der Waals surface area (Å²) in [4.78, 5) is 24.5. The number of amides is 2. The van der Waals surface area contributed by atoms with Gasteiger partial charge in [0.2, 0.25) is 0 Å². The quantitative estimate of drug-likeness (QED) is 0.759. The predicted molar refractivity (Wildman–Crippen MR) is 90.4 cm³/mol. The Morgan fingerprint density at radius 2 is 2.08 bits per heavy atom. The van der Waals surface area contributed by atoms with Crippen molar-refractivity contribution in [2.75, 3.05) is 11.9 Å². The smallest absolute Gasteiger partial charge is 0.320 e. The fourth-order valence-corrected chi connectivity index (χ4v) is 2.26. The third-order valence-corrected chi connectivity index (χ3v) is 3.49. The van der Waals surface area contributed by atoms with E-state index in [1.807, 2.05) is 6.92 Å². The maximum Gasteiger partial charge on any atom is 0.320 e. The van der Waals surface area contributed by atoms with Gasteiger partial charge in [-0.05, 0) is 37.3 Å². The molecule has 122 valence electrons. The number of nitrogens with one attached hydrogen (secondary N) is 2. The van der Waals surface area contributed by atoms with E-state index in [9.17, 15) is 9.18 Å². The average molecular weight is 346 g/mol. The first-order valence-corrected chi connectivity index (χ1v) is 7.58. The van der Waals surface area contributed by atoms with Gasteiger partial charge in [0.1, 0.15) is 17.2 Å². The van der Waals surface area contributed by atoms with E-state index >= 15 is 0 Å². The van der Waals surface area contributed by atoms with Gasteiger partial charge in [0.15, 0.2) is 5.65 Å². The Balaban J connectivity index is 1.96. The van der Waals surface area contributed by atoms with E-state index in [4.69, 9.17) is 11.6 Å². The summed E-state index contributed by atoms with van der Waals surface area (Å²) in [6.07, 6.45) is 1.56. The molecule has 2 heterocycles. The SMILES string of the molecule is CCNC(=O)Nc1ccc2ncc(-c3ccc(F)c(Cl)c3)nc2n1. The summed E-state index contributed by atoms with van der Waals surface area (Å²) in [5, 5.41) is 5.23. The minimum absolute atomic E-state index is 0.00834. The zero-order valence-electron chi connectivity index (χ0n) is 12.7. The van der Waals surface area contributed by atoms with E-state index in [2.05, 4.69) is 25.6 Å². The van der Waals surface area contributed by atoms with Crippen LogP contribution in [0.15, 0.2) is 36.5 Å². The lowest BCUT2D eigenvalue weighted by atomic mass is 10.1. The topological polar surface area (TPSA) is 79.8 Å². The van der Waals surface area contributed by atoms with Gasteiger partial charge in [-0.25, -0.2) is 19.2 Å². The molecular weight excluding hydrogens is 333 g/mol. The van der Waals surface area contributed by atoms with Gasteiger partial charge < -0.3 is 5.32 Å². The molecule has 0 aliphatic heterocycles. The Hall–Kier alpha value is -2.80. The molecule has 0 saturated carbocycles. The molecule has 0 unspecified atom stereocenters. The van der Waals surface area contributed by atoms with Crippen LogP contribution < -0.4 is 10.6 Å². The van der Waals surface area contributed by atoms with Gasteiger partial charge in [-0.2, -0.15) is 0 Å². The number of anilines is 1. The lowest BCUT2D eigenvalue weighted by Crippen LogP contribution is -2.28. The first-order valence-electron chi connectivity index (χ1n) is 7.21. The van der Waals surface area contributed by atoms with Crippen LogP contribution in [0.3, 0.4) is 0 Å². The number of halogens is 2. The molecule has 2 N–H and O–H groups in total. The summed E-state index contributed by atoms with van der Waals surface area (Å²) in [6.45, 7) is 2.33. The molecule has 2 amide bonds. The predicted octanol–water partition coefficient (Wildman–Crippen LogP) is 3.63. The highest BCUT2D eigenvalue weighted by Gasteiger charge is 2.08. The minimum Gasteiger partial charge on any atom is -0.338 e. The zero-order valence-corrected chi connectivity index (χ0v) is 13.4. The molecule has 0 atom stereocenters. The van der Waals surface area contributed by atoms with E-state index < -0.39 is 5.82 Å². The lowest BCUT2D eigenvalue weighted by molar-refractivity contribution is 0.252. The third-order valence-electron chi connectivity index (χ3n) is 3.20. The van der Waals surface area contributed by atoms with Crippen molar-refractivity contribution < 1.29 is 9.18 Å².